The molecule has 0 amide bonds. The van der Waals surface area contributed by atoms with Crippen LogP contribution in [0.15, 0.2) is 28.1 Å². The fourth-order valence-electron chi connectivity index (χ4n) is 1.27. The number of hydrogen-bond acceptors (Lipinski definition) is 3. The molecule has 1 aromatic heterocycles. The van der Waals surface area contributed by atoms with E-state index in [0.717, 1.165) is 14.4 Å². The third kappa shape index (κ3) is 2.09. The van der Waals surface area contributed by atoms with E-state index in [4.69, 9.17) is 5.26 Å². The van der Waals surface area contributed by atoms with Gasteiger partial charge in [0.25, 0.3) is 0 Å². The van der Waals surface area contributed by atoms with Crippen LogP contribution in [0.2, 0.25) is 0 Å². The van der Waals surface area contributed by atoms with Crippen molar-refractivity contribution in [1.29, 1.82) is 5.26 Å². The first-order valence-corrected chi connectivity index (χ1v) is 5.95. The Bertz CT molecular complexity index is 540. The molecule has 0 aliphatic rings. The van der Waals surface area contributed by atoms with Gasteiger partial charge in [-0.3, -0.25) is 0 Å². The molecule has 15 heavy (non-hydrogen) atoms. The second kappa shape index (κ2) is 4.13. The summed E-state index contributed by atoms with van der Waals surface area (Å²) in [7, 11) is 0. The Kier molecular flexibility index (Phi) is 2.85. The van der Waals surface area contributed by atoms with Gasteiger partial charge >= 0.3 is 0 Å². The number of aryl methyl sites for hydroxylation is 1. The van der Waals surface area contributed by atoms with Crippen LogP contribution < -0.4 is 0 Å². The van der Waals surface area contributed by atoms with E-state index >= 15 is 0 Å². The van der Waals surface area contributed by atoms with Gasteiger partial charge in [0.05, 0.1) is 0 Å². The van der Waals surface area contributed by atoms with E-state index in [2.05, 4.69) is 33.0 Å². The Morgan fingerprint density at radius 2 is 2.27 bits per heavy atom. The lowest BCUT2D eigenvalue weighted by Gasteiger charge is -1.96. The number of rotatable bonds is 1. The van der Waals surface area contributed by atoms with Gasteiger partial charge in [0.15, 0.2) is 5.69 Å². The Hall–Kier alpha value is -1.18. The summed E-state index contributed by atoms with van der Waals surface area (Å²) in [5.41, 5.74) is 2.70. The van der Waals surface area contributed by atoms with E-state index in [1.165, 1.54) is 16.9 Å². The zero-order chi connectivity index (χ0) is 10.8. The monoisotopic (exact) mass is 278 g/mol. The maximum atomic E-state index is 8.80. The maximum Gasteiger partial charge on any atom is 0.166 e. The molecule has 2 nitrogen and oxygen atoms in total. The minimum atomic E-state index is 0.455. The van der Waals surface area contributed by atoms with Crippen molar-refractivity contribution in [1.82, 2.24) is 4.98 Å². The molecule has 74 valence electrons. The summed E-state index contributed by atoms with van der Waals surface area (Å²) in [5, 5.41) is 9.67. The average Bonchev–Trinajstić information content (AvgIpc) is 2.60. The number of thiazole rings is 1. The van der Waals surface area contributed by atoms with Gasteiger partial charge in [-0.05, 0) is 28.9 Å². The molecule has 0 unspecified atom stereocenters. The second-order valence-corrected chi connectivity index (χ2v) is 5.44. The zero-order valence-electron chi connectivity index (χ0n) is 7.99. The molecule has 1 heterocycles. The quantitative estimate of drug-likeness (QED) is 0.797. The second-order valence-electron chi connectivity index (χ2n) is 3.12. The number of hydrogen-bond donors (Lipinski definition) is 0. The zero-order valence-corrected chi connectivity index (χ0v) is 10.4. The molecule has 0 radical (unpaired) electrons. The highest BCUT2D eigenvalue weighted by atomic mass is 79.9. The van der Waals surface area contributed by atoms with Gasteiger partial charge in [-0.25, -0.2) is 4.98 Å². The largest absolute Gasteiger partial charge is 0.224 e. The van der Waals surface area contributed by atoms with E-state index in [1.54, 1.807) is 0 Å². The van der Waals surface area contributed by atoms with Crippen LogP contribution in [-0.2, 0) is 0 Å². The van der Waals surface area contributed by atoms with E-state index in [1.807, 2.05) is 25.1 Å². The van der Waals surface area contributed by atoms with Crippen LogP contribution in [0.4, 0.5) is 0 Å². The predicted molar refractivity (Wildman–Crippen MR) is 64.7 cm³/mol. The van der Waals surface area contributed by atoms with Crippen molar-refractivity contribution in [3.8, 4) is 16.6 Å². The summed E-state index contributed by atoms with van der Waals surface area (Å²) in [6, 6.07) is 10.1. The van der Waals surface area contributed by atoms with Crippen molar-refractivity contribution in [3.05, 3.63) is 39.3 Å². The third-order valence-corrected chi connectivity index (χ3v) is 3.71. The summed E-state index contributed by atoms with van der Waals surface area (Å²) in [6.07, 6.45) is 0. The number of benzene rings is 1. The van der Waals surface area contributed by atoms with E-state index < -0.39 is 0 Å². The molecular formula is C11H7BrN2S. The number of halogens is 1. The molecule has 0 bridgehead atoms. The van der Waals surface area contributed by atoms with Crippen molar-refractivity contribution in [2.45, 2.75) is 6.92 Å². The molecule has 0 N–H and O–H groups in total. The van der Waals surface area contributed by atoms with Gasteiger partial charge in [-0.1, -0.05) is 23.8 Å². The number of aromatic nitrogens is 1. The first-order chi connectivity index (χ1) is 7.20. The van der Waals surface area contributed by atoms with Crippen LogP contribution in [-0.4, -0.2) is 4.98 Å². The van der Waals surface area contributed by atoms with Gasteiger partial charge in [0.2, 0.25) is 0 Å². The topological polar surface area (TPSA) is 36.7 Å². The Labute approximate surface area is 100 Å². The molecular weight excluding hydrogens is 272 g/mol. The minimum Gasteiger partial charge on any atom is -0.224 e. The molecule has 0 saturated carbocycles. The van der Waals surface area contributed by atoms with Crippen molar-refractivity contribution >= 4 is 27.3 Å². The lowest BCUT2D eigenvalue weighted by molar-refractivity contribution is 1.32. The average molecular weight is 279 g/mol. The standard InChI is InChI=1S/C11H7BrN2S/c1-7-3-2-4-8(5-7)11-14-9(6-13)10(12)15-11/h2-5H,1H3. The van der Waals surface area contributed by atoms with Crippen LogP contribution >= 0.6 is 27.3 Å². The minimum absolute atomic E-state index is 0.455. The third-order valence-electron chi connectivity index (χ3n) is 1.96. The van der Waals surface area contributed by atoms with Gasteiger partial charge in [-0.2, -0.15) is 5.26 Å². The van der Waals surface area contributed by atoms with Crippen molar-refractivity contribution in [2.24, 2.45) is 0 Å². The van der Waals surface area contributed by atoms with Crippen LogP contribution in [0, 0.1) is 18.3 Å². The summed E-state index contributed by atoms with van der Waals surface area (Å²) in [4.78, 5) is 4.25. The first-order valence-electron chi connectivity index (χ1n) is 4.34. The summed E-state index contributed by atoms with van der Waals surface area (Å²) in [5.74, 6) is 0. The molecule has 0 saturated heterocycles. The van der Waals surface area contributed by atoms with E-state index in [-0.39, 0.29) is 0 Å². The van der Waals surface area contributed by atoms with Crippen molar-refractivity contribution < 1.29 is 0 Å². The predicted octanol–water partition coefficient (Wildman–Crippen LogP) is 3.75. The maximum absolute atomic E-state index is 8.80. The Morgan fingerprint density at radius 1 is 1.47 bits per heavy atom. The van der Waals surface area contributed by atoms with Crippen LogP contribution in [0.25, 0.3) is 10.6 Å². The van der Waals surface area contributed by atoms with Crippen LogP contribution in [0.5, 0.6) is 0 Å². The number of nitriles is 1. The van der Waals surface area contributed by atoms with Crippen LogP contribution in [0.3, 0.4) is 0 Å². The lowest BCUT2D eigenvalue weighted by Crippen LogP contribution is -1.79. The van der Waals surface area contributed by atoms with E-state index in [9.17, 15) is 0 Å². The molecule has 1 aromatic carbocycles. The molecule has 2 aromatic rings. The normalized spacial score (nSPS) is 9.93. The Balaban J connectivity index is 2.51. The SMILES string of the molecule is Cc1cccc(-c2nc(C#N)c(Br)s2)c1. The number of nitrogens with zero attached hydrogens (tertiary/aromatic N) is 2. The van der Waals surface area contributed by atoms with Gasteiger partial charge in [0.1, 0.15) is 14.9 Å². The molecule has 0 spiro atoms. The van der Waals surface area contributed by atoms with Gasteiger partial charge in [0, 0.05) is 5.56 Å². The summed E-state index contributed by atoms with van der Waals surface area (Å²) < 4.78 is 0.793. The molecule has 2 rings (SSSR count). The highest BCUT2D eigenvalue weighted by Crippen LogP contribution is 2.31. The summed E-state index contributed by atoms with van der Waals surface area (Å²) >= 11 is 4.81. The van der Waals surface area contributed by atoms with Crippen LogP contribution in [0.1, 0.15) is 11.3 Å². The highest BCUT2D eigenvalue weighted by Gasteiger charge is 2.09. The molecule has 0 aliphatic carbocycles. The van der Waals surface area contributed by atoms with Crippen molar-refractivity contribution in [2.75, 3.05) is 0 Å². The fourth-order valence-corrected chi connectivity index (χ4v) is 2.65. The van der Waals surface area contributed by atoms with Gasteiger partial charge in [-0.15, -0.1) is 11.3 Å². The van der Waals surface area contributed by atoms with Crippen molar-refractivity contribution in [3.63, 3.8) is 0 Å². The molecule has 0 fully saturated rings. The highest BCUT2D eigenvalue weighted by molar-refractivity contribution is 9.11. The smallest absolute Gasteiger partial charge is 0.166 e. The fraction of sp³-hybridized carbons (Fsp3) is 0.0909. The van der Waals surface area contributed by atoms with Gasteiger partial charge < -0.3 is 0 Å². The lowest BCUT2D eigenvalue weighted by atomic mass is 10.1. The molecule has 0 atom stereocenters. The molecule has 0 aliphatic heterocycles. The Morgan fingerprint density at radius 3 is 2.87 bits per heavy atom. The summed E-state index contributed by atoms with van der Waals surface area (Å²) in [6.45, 7) is 2.04. The first kappa shape index (κ1) is 10.3. The molecule has 4 heteroatoms. The van der Waals surface area contributed by atoms with E-state index in [0.29, 0.717) is 5.69 Å².